The third-order valence-corrected chi connectivity index (χ3v) is 5.17. The summed E-state index contributed by atoms with van der Waals surface area (Å²) < 4.78 is 7.33. The normalized spacial score (nSPS) is 12.0. The largest absolute Gasteiger partial charge is 0.496 e. The van der Waals surface area contributed by atoms with E-state index in [0.29, 0.717) is 21.1 Å². The number of thiazole rings is 1. The Kier molecular flexibility index (Phi) is 4.26. The van der Waals surface area contributed by atoms with E-state index in [0.717, 1.165) is 17.5 Å². The van der Waals surface area contributed by atoms with Crippen molar-refractivity contribution in [1.29, 1.82) is 0 Å². The zero-order valence-corrected chi connectivity index (χ0v) is 15.3. The van der Waals surface area contributed by atoms with Gasteiger partial charge in [-0.1, -0.05) is 54.7 Å². The van der Waals surface area contributed by atoms with Crippen LogP contribution in [-0.2, 0) is 6.42 Å². The Labute approximate surface area is 154 Å². The Morgan fingerprint density at radius 2 is 1.92 bits per heavy atom. The van der Waals surface area contributed by atoms with Gasteiger partial charge in [0, 0.05) is 0 Å². The van der Waals surface area contributed by atoms with Crippen LogP contribution in [0.1, 0.15) is 18.1 Å². The summed E-state index contributed by atoms with van der Waals surface area (Å²) in [5.41, 5.74) is 2.88. The van der Waals surface area contributed by atoms with Crippen LogP contribution in [0.4, 0.5) is 0 Å². The SMILES string of the molecule is CCc1ccc(/C=c2/sc3nc(-c4ccccc4OC)nn3c2=O)cc1. The first-order valence-electron chi connectivity index (χ1n) is 8.33. The first-order chi connectivity index (χ1) is 12.7. The number of para-hydroxylation sites is 1. The maximum atomic E-state index is 12.7. The van der Waals surface area contributed by atoms with Crippen LogP contribution in [0.3, 0.4) is 0 Å². The third kappa shape index (κ3) is 2.88. The van der Waals surface area contributed by atoms with E-state index < -0.39 is 0 Å². The highest BCUT2D eigenvalue weighted by Crippen LogP contribution is 2.27. The molecular weight excluding hydrogens is 346 g/mol. The van der Waals surface area contributed by atoms with Crippen molar-refractivity contribution in [3.05, 3.63) is 74.5 Å². The molecular formula is C20H17N3O2S. The molecule has 130 valence electrons. The van der Waals surface area contributed by atoms with Gasteiger partial charge in [-0.15, -0.1) is 5.10 Å². The van der Waals surface area contributed by atoms with Crippen molar-refractivity contribution in [3.8, 4) is 17.1 Å². The van der Waals surface area contributed by atoms with Gasteiger partial charge >= 0.3 is 0 Å². The predicted octanol–water partition coefficient (Wildman–Crippen LogP) is 2.94. The lowest BCUT2D eigenvalue weighted by Crippen LogP contribution is -2.23. The number of hydrogen-bond donors (Lipinski definition) is 0. The molecule has 5 nitrogen and oxygen atoms in total. The molecule has 0 radical (unpaired) electrons. The number of ether oxygens (including phenoxy) is 1. The van der Waals surface area contributed by atoms with E-state index >= 15 is 0 Å². The molecule has 0 aliphatic heterocycles. The highest BCUT2D eigenvalue weighted by Gasteiger charge is 2.14. The van der Waals surface area contributed by atoms with Crippen molar-refractivity contribution < 1.29 is 4.74 Å². The molecule has 4 rings (SSSR count). The number of aromatic nitrogens is 3. The molecule has 2 heterocycles. The molecule has 26 heavy (non-hydrogen) atoms. The fourth-order valence-corrected chi connectivity index (χ4v) is 3.69. The van der Waals surface area contributed by atoms with Crippen molar-refractivity contribution in [1.82, 2.24) is 14.6 Å². The second-order valence-corrected chi connectivity index (χ2v) is 6.85. The highest BCUT2D eigenvalue weighted by atomic mass is 32.1. The van der Waals surface area contributed by atoms with Gasteiger partial charge in [0.05, 0.1) is 17.2 Å². The van der Waals surface area contributed by atoms with Gasteiger partial charge in [-0.3, -0.25) is 4.79 Å². The number of aryl methyl sites for hydroxylation is 1. The Morgan fingerprint density at radius 1 is 1.15 bits per heavy atom. The lowest BCUT2D eigenvalue weighted by atomic mass is 10.1. The van der Waals surface area contributed by atoms with E-state index in [-0.39, 0.29) is 5.56 Å². The lowest BCUT2D eigenvalue weighted by Gasteiger charge is -2.03. The van der Waals surface area contributed by atoms with Crippen molar-refractivity contribution in [2.75, 3.05) is 7.11 Å². The van der Waals surface area contributed by atoms with Gasteiger partial charge in [-0.25, -0.2) is 0 Å². The van der Waals surface area contributed by atoms with Gasteiger partial charge in [0.2, 0.25) is 4.96 Å². The molecule has 0 amide bonds. The molecule has 0 aliphatic carbocycles. The van der Waals surface area contributed by atoms with Crippen LogP contribution in [0.2, 0.25) is 0 Å². The Bertz CT molecular complexity index is 1180. The molecule has 6 heteroatoms. The summed E-state index contributed by atoms with van der Waals surface area (Å²) in [4.78, 5) is 17.8. The molecule has 0 atom stereocenters. The monoisotopic (exact) mass is 363 g/mol. The zero-order valence-electron chi connectivity index (χ0n) is 14.5. The van der Waals surface area contributed by atoms with Crippen molar-refractivity contribution in [2.24, 2.45) is 0 Å². The van der Waals surface area contributed by atoms with Crippen LogP contribution in [0.25, 0.3) is 22.4 Å². The molecule has 0 unspecified atom stereocenters. The minimum Gasteiger partial charge on any atom is -0.496 e. The molecule has 0 spiro atoms. The summed E-state index contributed by atoms with van der Waals surface area (Å²) in [6.07, 6.45) is 2.88. The second kappa shape index (κ2) is 6.72. The lowest BCUT2D eigenvalue weighted by molar-refractivity contribution is 0.416. The molecule has 2 aromatic carbocycles. The third-order valence-electron chi connectivity index (χ3n) is 4.22. The molecule has 0 fully saturated rings. The molecule has 0 saturated heterocycles. The summed E-state index contributed by atoms with van der Waals surface area (Å²) in [7, 11) is 1.60. The summed E-state index contributed by atoms with van der Waals surface area (Å²) in [5.74, 6) is 1.17. The van der Waals surface area contributed by atoms with Gasteiger partial charge in [0.1, 0.15) is 5.75 Å². The molecule has 0 aliphatic rings. The number of methoxy groups -OCH3 is 1. The minimum atomic E-state index is -0.154. The number of fused-ring (bicyclic) bond motifs is 1. The van der Waals surface area contributed by atoms with Gasteiger partial charge in [0.25, 0.3) is 5.56 Å². The number of nitrogens with zero attached hydrogens (tertiary/aromatic N) is 3. The zero-order chi connectivity index (χ0) is 18.1. The molecule has 0 bridgehead atoms. The molecule has 0 saturated carbocycles. The first-order valence-corrected chi connectivity index (χ1v) is 9.15. The minimum absolute atomic E-state index is 0.154. The highest BCUT2D eigenvalue weighted by molar-refractivity contribution is 7.15. The quantitative estimate of drug-likeness (QED) is 0.559. The first kappa shape index (κ1) is 16.5. The van der Waals surface area contributed by atoms with Crippen molar-refractivity contribution in [3.63, 3.8) is 0 Å². The van der Waals surface area contributed by atoms with Crippen LogP contribution >= 0.6 is 11.3 Å². The smallest absolute Gasteiger partial charge is 0.291 e. The van der Waals surface area contributed by atoms with Crippen LogP contribution in [0.5, 0.6) is 5.75 Å². The van der Waals surface area contributed by atoms with E-state index in [4.69, 9.17) is 4.74 Å². The predicted molar refractivity (Wildman–Crippen MR) is 104 cm³/mol. The number of rotatable bonds is 4. The van der Waals surface area contributed by atoms with Crippen LogP contribution in [0.15, 0.2) is 53.3 Å². The van der Waals surface area contributed by atoms with Gasteiger partial charge < -0.3 is 4.74 Å². The topological polar surface area (TPSA) is 56.5 Å². The number of hydrogen-bond acceptors (Lipinski definition) is 5. The Balaban J connectivity index is 1.78. The summed E-state index contributed by atoms with van der Waals surface area (Å²) in [5, 5.41) is 4.38. The van der Waals surface area contributed by atoms with E-state index in [9.17, 15) is 4.79 Å². The van der Waals surface area contributed by atoms with Gasteiger partial charge in [-0.2, -0.15) is 9.50 Å². The maximum Gasteiger partial charge on any atom is 0.291 e. The van der Waals surface area contributed by atoms with Gasteiger partial charge in [-0.05, 0) is 35.8 Å². The summed E-state index contributed by atoms with van der Waals surface area (Å²) in [6.45, 7) is 2.12. The average Bonchev–Trinajstić information content (AvgIpc) is 3.22. The Hall–Kier alpha value is -2.99. The Morgan fingerprint density at radius 3 is 2.62 bits per heavy atom. The molecule has 4 aromatic rings. The molecule has 2 aromatic heterocycles. The van der Waals surface area contributed by atoms with Crippen LogP contribution < -0.4 is 14.8 Å². The fraction of sp³-hybridized carbons (Fsp3) is 0.150. The average molecular weight is 363 g/mol. The van der Waals surface area contributed by atoms with Crippen LogP contribution in [-0.4, -0.2) is 21.7 Å². The van der Waals surface area contributed by atoms with Gasteiger partial charge in [0.15, 0.2) is 5.82 Å². The standard InChI is InChI=1S/C20H17N3O2S/c1-3-13-8-10-14(11-9-13)12-17-19(24)23-20(26-17)21-18(22-23)15-6-4-5-7-16(15)25-2/h4-12H,3H2,1-2H3/b17-12+. The van der Waals surface area contributed by atoms with Crippen molar-refractivity contribution >= 4 is 22.4 Å². The van der Waals surface area contributed by atoms with E-state index in [1.807, 2.05) is 42.5 Å². The maximum absolute atomic E-state index is 12.7. The second-order valence-electron chi connectivity index (χ2n) is 5.84. The summed E-state index contributed by atoms with van der Waals surface area (Å²) in [6, 6.07) is 15.7. The molecule has 0 N–H and O–H groups in total. The van der Waals surface area contributed by atoms with E-state index in [1.54, 1.807) is 7.11 Å². The van der Waals surface area contributed by atoms with E-state index in [1.165, 1.54) is 21.4 Å². The van der Waals surface area contributed by atoms with Crippen molar-refractivity contribution in [2.45, 2.75) is 13.3 Å². The van der Waals surface area contributed by atoms with Crippen LogP contribution in [0, 0.1) is 0 Å². The fourth-order valence-electron chi connectivity index (χ4n) is 2.78. The van der Waals surface area contributed by atoms with E-state index in [2.05, 4.69) is 29.1 Å². The summed E-state index contributed by atoms with van der Waals surface area (Å²) >= 11 is 1.34. The number of benzene rings is 2.